The Hall–Kier alpha value is -3.47. The first-order chi connectivity index (χ1) is 15.9. The van der Waals surface area contributed by atoms with Crippen molar-refractivity contribution in [2.75, 3.05) is 0 Å². The zero-order chi connectivity index (χ0) is 23.0. The van der Waals surface area contributed by atoms with Crippen LogP contribution in [-0.4, -0.2) is 10.2 Å². The molecule has 5 aromatic rings. The fourth-order valence-corrected chi connectivity index (χ4v) is 4.90. The molecule has 0 saturated carbocycles. The maximum Gasteiger partial charge on any atom is 0.417 e. The Labute approximate surface area is 190 Å². The summed E-state index contributed by atoms with van der Waals surface area (Å²) in [7, 11) is 0. The Kier molecular flexibility index (Phi) is 5.49. The molecule has 0 spiro atoms. The highest BCUT2D eigenvalue weighted by molar-refractivity contribution is 6.10. The van der Waals surface area contributed by atoms with Gasteiger partial charge in [0, 0.05) is 5.39 Å². The predicted molar refractivity (Wildman–Crippen MR) is 127 cm³/mol. The smallest absolute Gasteiger partial charge is 0.166 e. The van der Waals surface area contributed by atoms with E-state index in [0.29, 0.717) is 11.3 Å². The van der Waals surface area contributed by atoms with E-state index in [0.717, 1.165) is 46.5 Å². The third kappa shape index (κ3) is 4.04. The van der Waals surface area contributed by atoms with Crippen molar-refractivity contribution in [2.45, 2.75) is 38.3 Å². The average Bonchev–Trinajstić information content (AvgIpc) is 2.83. The molecule has 1 heterocycles. The number of halogens is 3. The highest BCUT2D eigenvalue weighted by Crippen LogP contribution is 2.42. The zero-order valence-electron chi connectivity index (χ0n) is 18.2. The number of alkyl halides is 3. The zero-order valence-corrected chi connectivity index (χ0v) is 18.2. The molecule has 4 aromatic carbocycles. The van der Waals surface area contributed by atoms with Crippen LogP contribution < -0.4 is 0 Å². The Bertz CT molecular complexity index is 1390. The second-order valence-electron chi connectivity index (χ2n) is 8.58. The van der Waals surface area contributed by atoms with Crippen molar-refractivity contribution in [1.29, 1.82) is 0 Å². The van der Waals surface area contributed by atoms with Crippen LogP contribution in [0.4, 0.5) is 13.2 Å². The third-order valence-corrected chi connectivity index (χ3v) is 6.51. The summed E-state index contributed by atoms with van der Waals surface area (Å²) in [6.45, 7) is 2.16. The summed E-state index contributed by atoms with van der Waals surface area (Å²) in [5, 5.41) is 11.5. The summed E-state index contributed by atoms with van der Waals surface area (Å²) >= 11 is 0. The molecule has 1 aromatic heterocycles. The lowest BCUT2D eigenvalue weighted by molar-refractivity contribution is -0.136. The van der Waals surface area contributed by atoms with Gasteiger partial charge in [-0.25, -0.2) is 0 Å². The van der Waals surface area contributed by atoms with Gasteiger partial charge in [-0.3, -0.25) is 0 Å². The Balaban J connectivity index is 0.000000190. The SMILES string of the molecule is CC1CCCc2c1ccc1c2cc(C(F)(F)F)c2ccccc21.c1ccc2nnccc2c1. The van der Waals surface area contributed by atoms with Gasteiger partial charge in [0.25, 0.3) is 0 Å². The van der Waals surface area contributed by atoms with Crippen LogP contribution in [0.15, 0.2) is 79.0 Å². The van der Waals surface area contributed by atoms with Gasteiger partial charge in [-0.05, 0) is 76.1 Å². The van der Waals surface area contributed by atoms with Crippen molar-refractivity contribution < 1.29 is 13.2 Å². The van der Waals surface area contributed by atoms with E-state index in [1.54, 1.807) is 24.4 Å². The molecule has 2 nitrogen and oxygen atoms in total. The van der Waals surface area contributed by atoms with Gasteiger partial charge in [-0.15, -0.1) is 0 Å². The van der Waals surface area contributed by atoms with E-state index in [-0.39, 0.29) is 5.39 Å². The van der Waals surface area contributed by atoms with Crippen molar-refractivity contribution in [3.8, 4) is 0 Å². The van der Waals surface area contributed by atoms with Crippen molar-refractivity contribution in [3.05, 3.63) is 95.7 Å². The molecule has 0 bridgehead atoms. The fraction of sp³-hybridized carbons (Fsp3) is 0.214. The minimum atomic E-state index is -4.34. The van der Waals surface area contributed by atoms with E-state index >= 15 is 0 Å². The monoisotopic (exact) mass is 444 g/mol. The van der Waals surface area contributed by atoms with Crippen molar-refractivity contribution in [2.24, 2.45) is 0 Å². The summed E-state index contributed by atoms with van der Waals surface area (Å²) < 4.78 is 40.7. The molecular formula is C28H23F3N2. The molecule has 33 heavy (non-hydrogen) atoms. The van der Waals surface area contributed by atoms with Crippen LogP contribution in [-0.2, 0) is 12.6 Å². The number of fused-ring (bicyclic) bond motifs is 6. The van der Waals surface area contributed by atoms with E-state index in [1.807, 2.05) is 42.5 Å². The van der Waals surface area contributed by atoms with Gasteiger partial charge in [-0.2, -0.15) is 23.4 Å². The van der Waals surface area contributed by atoms with E-state index in [1.165, 1.54) is 11.6 Å². The summed E-state index contributed by atoms with van der Waals surface area (Å²) in [4.78, 5) is 0. The molecule has 0 saturated heterocycles. The lowest BCUT2D eigenvalue weighted by Crippen LogP contribution is -2.10. The van der Waals surface area contributed by atoms with Gasteiger partial charge < -0.3 is 0 Å². The summed E-state index contributed by atoms with van der Waals surface area (Å²) in [5.41, 5.74) is 2.75. The van der Waals surface area contributed by atoms with Crippen LogP contribution in [0.2, 0.25) is 0 Å². The van der Waals surface area contributed by atoms with E-state index < -0.39 is 11.7 Å². The summed E-state index contributed by atoms with van der Waals surface area (Å²) in [5.74, 6) is 0.420. The van der Waals surface area contributed by atoms with Gasteiger partial charge in [0.1, 0.15) is 0 Å². The quantitative estimate of drug-likeness (QED) is 0.226. The molecule has 166 valence electrons. The summed E-state index contributed by atoms with van der Waals surface area (Å²) in [6.07, 6.45) is 0.380. The maximum absolute atomic E-state index is 13.6. The maximum atomic E-state index is 13.6. The Morgan fingerprint density at radius 1 is 0.818 bits per heavy atom. The molecule has 1 aliphatic carbocycles. The molecule has 6 rings (SSSR count). The second-order valence-corrected chi connectivity index (χ2v) is 8.58. The molecule has 5 heteroatoms. The van der Waals surface area contributed by atoms with Crippen LogP contribution in [0.1, 0.15) is 42.4 Å². The highest BCUT2D eigenvalue weighted by Gasteiger charge is 2.33. The number of hydrogen-bond acceptors (Lipinski definition) is 2. The van der Waals surface area contributed by atoms with Gasteiger partial charge >= 0.3 is 6.18 Å². The predicted octanol–water partition coefficient (Wildman–Crippen LogP) is 8.08. The van der Waals surface area contributed by atoms with Crippen molar-refractivity contribution in [1.82, 2.24) is 10.2 Å². The number of hydrogen-bond donors (Lipinski definition) is 0. The van der Waals surface area contributed by atoms with Crippen molar-refractivity contribution >= 4 is 32.4 Å². The van der Waals surface area contributed by atoms with Crippen LogP contribution in [0, 0.1) is 0 Å². The fourth-order valence-electron chi connectivity index (χ4n) is 4.90. The molecule has 0 amide bonds. The van der Waals surface area contributed by atoms with Gasteiger partial charge in [0.15, 0.2) is 0 Å². The van der Waals surface area contributed by atoms with E-state index in [2.05, 4.69) is 23.2 Å². The van der Waals surface area contributed by atoms with Gasteiger partial charge in [0.2, 0.25) is 0 Å². The lowest BCUT2D eigenvalue weighted by atomic mass is 9.80. The van der Waals surface area contributed by atoms with Gasteiger partial charge in [-0.1, -0.05) is 61.5 Å². The highest BCUT2D eigenvalue weighted by atomic mass is 19.4. The molecule has 0 N–H and O–H groups in total. The molecule has 0 aliphatic heterocycles. The Morgan fingerprint density at radius 2 is 1.55 bits per heavy atom. The molecule has 1 unspecified atom stereocenters. The first-order valence-electron chi connectivity index (χ1n) is 11.1. The van der Waals surface area contributed by atoms with Crippen LogP contribution >= 0.6 is 0 Å². The van der Waals surface area contributed by atoms with Gasteiger partial charge in [0.05, 0.1) is 17.3 Å². The standard InChI is InChI=1S/C20H17F3.C8H6N2/c1-12-5-4-8-14-13(12)9-10-16-15-6-2-3-7-17(15)19(11-18(14)16)20(21,22)23;1-2-4-8-7(3-1)5-6-9-10-8/h2-3,6-7,9-12H,4-5,8H2,1H3;1-6H. The number of rotatable bonds is 0. The molecular weight excluding hydrogens is 421 g/mol. The average molecular weight is 445 g/mol. The molecule has 0 fully saturated rings. The van der Waals surface area contributed by atoms with E-state index in [4.69, 9.17) is 0 Å². The van der Waals surface area contributed by atoms with Crippen LogP contribution in [0.3, 0.4) is 0 Å². The van der Waals surface area contributed by atoms with Crippen LogP contribution in [0.25, 0.3) is 32.4 Å². The van der Waals surface area contributed by atoms with Crippen LogP contribution in [0.5, 0.6) is 0 Å². The molecule has 0 radical (unpaired) electrons. The minimum absolute atomic E-state index is 0.288. The Morgan fingerprint density at radius 3 is 2.33 bits per heavy atom. The molecule has 1 atom stereocenters. The normalized spacial score (nSPS) is 15.8. The number of nitrogens with zero attached hydrogens (tertiary/aromatic N) is 2. The first kappa shape index (κ1) is 21.4. The minimum Gasteiger partial charge on any atom is -0.166 e. The van der Waals surface area contributed by atoms with Crippen molar-refractivity contribution in [3.63, 3.8) is 0 Å². The topological polar surface area (TPSA) is 25.8 Å². The second kappa shape index (κ2) is 8.47. The first-order valence-corrected chi connectivity index (χ1v) is 11.1. The lowest BCUT2D eigenvalue weighted by Gasteiger charge is -2.25. The number of aromatic nitrogens is 2. The third-order valence-electron chi connectivity index (χ3n) is 6.51. The van der Waals surface area contributed by atoms with E-state index in [9.17, 15) is 13.2 Å². The molecule has 1 aliphatic rings. The number of aryl methyl sites for hydroxylation is 1. The summed E-state index contributed by atoms with van der Waals surface area (Å²) in [6, 6.07) is 22.2. The largest absolute Gasteiger partial charge is 0.417 e. The number of benzene rings is 4.